The van der Waals surface area contributed by atoms with Gasteiger partial charge >= 0.3 is 0 Å². The average molecular weight is 224 g/mol. The van der Waals surface area contributed by atoms with Crippen LogP contribution < -0.4 is 15.4 Å². The van der Waals surface area contributed by atoms with Gasteiger partial charge in [0.05, 0.1) is 12.6 Å². The second-order valence-electron chi connectivity index (χ2n) is 4.28. The number of hydrogen-bond donors (Lipinski definition) is 2. The van der Waals surface area contributed by atoms with Crippen LogP contribution in [0.3, 0.4) is 0 Å². The third-order valence-corrected chi connectivity index (χ3v) is 3.05. The van der Waals surface area contributed by atoms with Crippen LogP contribution in [0.5, 0.6) is 5.75 Å². The number of methoxy groups -OCH3 is 1. The topological polar surface area (TPSA) is 33.3 Å². The van der Waals surface area contributed by atoms with Gasteiger partial charge in [-0.2, -0.15) is 0 Å². The van der Waals surface area contributed by atoms with Crippen molar-refractivity contribution in [1.29, 1.82) is 0 Å². The van der Waals surface area contributed by atoms with E-state index in [0.717, 1.165) is 30.9 Å². The van der Waals surface area contributed by atoms with Crippen molar-refractivity contribution in [3.05, 3.63) is 29.6 Å². The lowest BCUT2D eigenvalue weighted by Gasteiger charge is -2.36. The van der Waals surface area contributed by atoms with Gasteiger partial charge in [-0.05, 0) is 25.1 Å². The molecule has 4 heteroatoms. The third kappa shape index (κ3) is 2.03. The summed E-state index contributed by atoms with van der Waals surface area (Å²) in [6, 6.07) is 4.63. The molecule has 1 unspecified atom stereocenters. The van der Waals surface area contributed by atoms with Crippen LogP contribution in [-0.2, 0) is 5.54 Å². The molecule has 1 aliphatic heterocycles. The second-order valence-corrected chi connectivity index (χ2v) is 4.28. The van der Waals surface area contributed by atoms with E-state index in [2.05, 4.69) is 17.6 Å². The van der Waals surface area contributed by atoms with E-state index < -0.39 is 0 Å². The molecule has 0 saturated carbocycles. The van der Waals surface area contributed by atoms with Gasteiger partial charge in [0.25, 0.3) is 0 Å². The average Bonchev–Trinajstić information content (AvgIpc) is 2.30. The van der Waals surface area contributed by atoms with Crippen molar-refractivity contribution in [1.82, 2.24) is 10.6 Å². The van der Waals surface area contributed by atoms with Gasteiger partial charge in [0.1, 0.15) is 11.6 Å². The first-order valence-corrected chi connectivity index (χ1v) is 5.45. The molecule has 1 aliphatic rings. The fraction of sp³-hybridized carbons (Fsp3) is 0.500. The van der Waals surface area contributed by atoms with E-state index in [1.807, 2.05) is 0 Å². The molecule has 0 aliphatic carbocycles. The Balaban J connectivity index is 2.40. The minimum Gasteiger partial charge on any atom is -0.496 e. The molecule has 0 amide bonds. The maximum atomic E-state index is 13.3. The molecule has 88 valence electrons. The van der Waals surface area contributed by atoms with E-state index in [9.17, 15) is 4.39 Å². The minimum atomic E-state index is -0.272. The lowest BCUT2D eigenvalue weighted by atomic mass is 9.89. The maximum absolute atomic E-state index is 13.3. The smallest absolute Gasteiger partial charge is 0.124 e. The maximum Gasteiger partial charge on any atom is 0.124 e. The summed E-state index contributed by atoms with van der Waals surface area (Å²) in [5, 5.41) is 6.71. The molecule has 1 fully saturated rings. The van der Waals surface area contributed by atoms with Crippen molar-refractivity contribution < 1.29 is 9.13 Å². The standard InChI is InChI=1S/C12H17FN2O/c1-12(8-14-5-6-15-12)10-7-9(13)3-4-11(10)16-2/h3-4,7,14-15H,5-6,8H2,1-2H3. The third-order valence-electron chi connectivity index (χ3n) is 3.05. The van der Waals surface area contributed by atoms with Gasteiger partial charge < -0.3 is 15.4 Å². The quantitative estimate of drug-likeness (QED) is 0.793. The van der Waals surface area contributed by atoms with Crippen LogP contribution in [0.2, 0.25) is 0 Å². The first-order chi connectivity index (χ1) is 7.65. The van der Waals surface area contributed by atoms with Gasteiger partial charge in [0, 0.05) is 25.2 Å². The summed E-state index contributed by atoms with van der Waals surface area (Å²) >= 11 is 0. The van der Waals surface area contributed by atoms with E-state index in [1.54, 1.807) is 19.2 Å². The summed E-state index contributed by atoms with van der Waals surface area (Å²) in [5.41, 5.74) is 0.591. The van der Waals surface area contributed by atoms with E-state index in [4.69, 9.17) is 4.74 Å². The summed E-state index contributed by atoms with van der Waals surface area (Å²) < 4.78 is 18.6. The Morgan fingerprint density at radius 3 is 2.81 bits per heavy atom. The van der Waals surface area contributed by atoms with E-state index in [1.165, 1.54) is 6.07 Å². The molecule has 1 heterocycles. The first kappa shape index (κ1) is 11.4. The second kappa shape index (κ2) is 4.39. The van der Waals surface area contributed by atoms with Crippen LogP contribution in [0.15, 0.2) is 18.2 Å². The summed E-state index contributed by atoms with van der Waals surface area (Å²) in [6.45, 7) is 4.63. The zero-order valence-corrected chi connectivity index (χ0v) is 9.64. The van der Waals surface area contributed by atoms with Crippen LogP contribution in [0.4, 0.5) is 4.39 Å². The zero-order valence-electron chi connectivity index (χ0n) is 9.64. The minimum absolute atomic E-state index is 0.232. The van der Waals surface area contributed by atoms with Gasteiger partial charge in [-0.15, -0.1) is 0 Å². The Morgan fingerprint density at radius 1 is 1.38 bits per heavy atom. The van der Waals surface area contributed by atoms with Gasteiger partial charge in [-0.1, -0.05) is 0 Å². The van der Waals surface area contributed by atoms with Crippen molar-refractivity contribution in [2.24, 2.45) is 0 Å². The fourth-order valence-corrected chi connectivity index (χ4v) is 2.13. The highest BCUT2D eigenvalue weighted by atomic mass is 19.1. The molecule has 1 aromatic rings. The molecule has 1 atom stereocenters. The van der Waals surface area contributed by atoms with Crippen LogP contribution in [-0.4, -0.2) is 26.7 Å². The molecular weight excluding hydrogens is 207 g/mol. The van der Waals surface area contributed by atoms with Crippen LogP contribution >= 0.6 is 0 Å². The van der Waals surface area contributed by atoms with Gasteiger partial charge in [-0.25, -0.2) is 4.39 Å². The Hall–Kier alpha value is -1.13. The molecule has 3 nitrogen and oxygen atoms in total. The Labute approximate surface area is 95.0 Å². The van der Waals surface area contributed by atoms with E-state index in [0.29, 0.717) is 0 Å². The monoisotopic (exact) mass is 224 g/mol. The predicted octanol–water partition coefficient (Wildman–Crippen LogP) is 1.24. The Morgan fingerprint density at radius 2 is 2.19 bits per heavy atom. The molecule has 0 aromatic heterocycles. The predicted molar refractivity (Wildman–Crippen MR) is 61.2 cm³/mol. The molecule has 0 spiro atoms. The number of halogens is 1. The number of benzene rings is 1. The Kier molecular flexibility index (Phi) is 3.12. The molecule has 2 N–H and O–H groups in total. The largest absolute Gasteiger partial charge is 0.496 e. The van der Waals surface area contributed by atoms with Gasteiger partial charge in [0.15, 0.2) is 0 Å². The molecule has 2 rings (SSSR count). The zero-order chi connectivity index (χ0) is 11.6. The highest BCUT2D eigenvalue weighted by molar-refractivity contribution is 5.40. The summed E-state index contributed by atoms with van der Waals surface area (Å²) in [4.78, 5) is 0. The molecular formula is C12H17FN2O. The molecule has 0 bridgehead atoms. The molecule has 1 aromatic carbocycles. The number of hydrogen-bond acceptors (Lipinski definition) is 3. The van der Waals surface area contributed by atoms with Gasteiger partial charge in [0.2, 0.25) is 0 Å². The molecule has 1 saturated heterocycles. The summed E-state index contributed by atoms with van der Waals surface area (Å²) in [6.07, 6.45) is 0. The highest BCUT2D eigenvalue weighted by Gasteiger charge is 2.31. The number of ether oxygens (including phenoxy) is 1. The number of piperazine rings is 1. The number of nitrogens with one attached hydrogen (secondary N) is 2. The van der Waals surface area contributed by atoms with Crippen LogP contribution in [0.1, 0.15) is 12.5 Å². The normalized spacial score (nSPS) is 25.4. The summed E-state index contributed by atoms with van der Waals surface area (Å²) in [5.74, 6) is 0.490. The van der Waals surface area contributed by atoms with Crippen LogP contribution in [0.25, 0.3) is 0 Å². The lowest BCUT2D eigenvalue weighted by Crippen LogP contribution is -2.55. The highest BCUT2D eigenvalue weighted by Crippen LogP contribution is 2.30. The lowest BCUT2D eigenvalue weighted by molar-refractivity contribution is 0.288. The van der Waals surface area contributed by atoms with E-state index in [-0.39, 0.29) is 11.4 Å². The fourth-order valence-electron chi connectivity index (χ4n) is 2.13. The summed E-state index contributed by atoms with van der Waals surface area (Å²) in [7, 11) is 1.61. The molecule has 0 radical (unpaired) electrons. The van der Waals surface area contributed by atoms with Crippen molar-refractivity contribution in [2.45, 2.75) is 12.5 Å². The van der Waals surface area contributed by atoms with Gasteiger partial charge in [-0.3, -0.25) is 0 Å². The SMILES string of the molecule is COc1ccc(F)cc1C1(C)CNCCN1. The number of rotatable bonds is 2. The van der Waals surface area contributed by atoms with Crippen molar-refractivity contribution in [3.8, 4) is 5.75 Å². The van der Waals surface area contributed by atoms with Crippen LogP contribution in [0, 0.1) is 5.82 Å². The Bertz CT molecular complexity index is 375. The first-order valence-electron chi connectivity index (χ1n) is 5.45. The van der Waals surface area contributed by atoms with E-state index >= 15 is 0 Å². The molecule has 16 heavy (non-hydrogen) atoms. The van der Waals surface area contributed by atoms with Crippen molar-refractivity contribution in [3.63, 3.8) is 0 Å². The van der Waals surface area contributed by atoms with Crippen molar-refractivity contribution >= 4 is 0 Å². The van der Waals surface area contributed by atoms with Crippen molar-refractivity contribution in [2.75, 3.05) is 26.7 Å².